The van der Waals surface area contributed by atoms with E-state index < -0.39 is 0 Å². The Morgan fingerprint density at radius 3 is 2.61 bits per heavy atom. The third-order valence-electron chi connectivity index (χ3n) is 4.71. The Morgan fingerprint density at radius 1 is 1.07 bits per heavy atom. The number of aromatic nitrogens is 1. The molecule has 3 aromatic rings. The molecule has 0 bridgehead atoms. The van der Waals surface area contributed by atoms with Crippen LogP contribution in [0.25, 0.3) is 0 Å². The van der Waals surface area contributed by atoms with Crippen LogP contribution in [-0.2, 0) is 11.2 Å². The molecule has 5 nitrogen and oxygen atoms in total. The number of piperazine rings is 1. The van der Waals surface area contributed by atoms with Crippen molar-refractivity contribution in [3.8, 4) is 0 Å². The van der Waals surface area contributed by atoms with Crippen molar-refractivity contribution >= 4 is 45.4 Å². The number of amides is 1. The first kappa shape index (κ1) is 18.8. The maximum Gasteiger partial charge on any atom is 0.228 e. The summed E-state index contributed by atoms with van der Waals surface area (Å²) in [6, 6.07) is 17.8. The molecule has 0 radical (unpaired) electrons. The molecular formula is C21H21ClN4OS. The lowest BCUT2D eigenvalue weighted by molar-refractivity contribution is -0.130. The monoisotopic (exact) mass is 412 g/mol. The molecule has 0 atom stereocenters. The van der Waals surface area contributed by atoms with Crippen LogP contribution in [0.4, 0.5) is 16.5 Å². The highest BCUT2D eigenvalue weighted by atomic mass is 35.5. The Balaban J connectivity index is 1.30. The summed E-state index contributed by atoms with van der Waals surface area (Å²) in [4.78, 5) is 21.4. The Bertz CT molecular complexity index is 938. The van der Waals surface area contributed by atoms with E-state index in [1.807, 2.05) is 58.8 Å². The predicted molar refractivity (Wildman–Crippen MR) is 116 cm³/mol. The van der Waals surface area contributed by atoms with Crippen molar-refractivity contribution in [3.63, 3.8) is 0 Å². The third kappa shape index (κ3) is 4.64. The quantitative estimate of drug-likeness (QED) is 0.673. The topological polar surface area (TPSA) is 48.5 Å². The molecule has 28 heavy (non-hydrogen) atoms. The van der Waals surface area contributed by atoms with Gasteiger partial charge < -0.3 is 15.1 Å². The molecule has 4 rings (SSSR count). The second-order valence-electron chi connectivity index (χ2n) is 6.66. The minimum atomic E-state index is 0.127. The molecule has 2 aromatic carbocycles. The largest absolute Gasteiger partial charge is 0.368 e. The van der Waals surface area contributed by atoms with Crippen LogP contribution in [0.3, 0.4) is 0 Å². The number of carbonyl (C=O) groups is 1. The summed E-state index contributed by atoms with van der Waals surface area (Å²) in [5.74, 6) is 0.127. The van der Waals surface area contributed by atoms with Gasteiger partial charge in [0.1, 0.15) is 0 Å². The zero-order chi connectivity index (χ0) is 19.3. The number of benzene rings is 2. The first-order valence-corrected chi connectivity index (χ1v) is 10.5. The standard InChI is InChI=1S/C21H21ClN4OS/c22-16-5-4-8-19(13-16)25-9-11-26(12-10-25)20(27)14-18-15-28-21(24-18)23-17-6-2-1-3-7-17/h1-8,13,15H,9-12,14H2,(H,23,24). The van der Waals surface area contributed by atoms with E-state index in [1.165, 1.54) is 11.3 Å². The normalized spacial score (nSPS) is 14.2. The van der Waals surface area contributed by atoms with Crippen molar-refractivity contribution in [2.75, 3.05) is 36.4 Å². The fraction of sp³-hybridized carbons (Fsp3) is 0.238. The van der Waals surface area contributed by atoms with Crippen LogP contribution in [0.2, 0.25) is 5.02 Å². The molecule has 0 spiro atoms. The van der Waals surface area contributed by atoms with Crippen molar-refractivity contribution in [3.05, 3.63) is 70.7 Å². The van der Waals surface area contributed by atoms with Crippen molar-refractivity contribution in [2.45, 2.75) is 6.42 Å². The fourth-order valence-electron chi connectivity index (χ4n) is 3.24. The van der Waals surface area contributed by atoms with Crippen molar-refractivity contribution < 1.29 is 4.79 Å². The van der Waals surface area contributed by atoms with E-state index in [4.69, 9.17) is 11.6 Å². The summed E-state index contributed by atoms with van der Waals surface area (Å²) in [6.07, 6.45) is 0.337. The number of carbonyl (C=O) groups excluding carboxylic acids is 1. The van der Waals surface area contributed by atoms with Crippen LogP contribution >= 0.6 is 22.9 Å². The predicted octanol–water partition coefficient (Wildman–Crippen LogP) is 4.43. The van der Waals surface area contributed by atoms with Gasteiger partial charge >= 0.3 is 0 Å². The van der Waals surface area contributed by atoms with Crippen molar-refractivity contribution in [1.29, 1.82) is 0 Å². The smallest absolute Gasteiger partial charge is 0.228 e. The van der Waals surface area contributed by atoms with E-state index in [0.29, 0.717) is 19.5 Å². The zero-order valence-corrected chi connectivity index (χ0v) is 16.9. The zero-order valence-electron chi connectivity index (χ0n) is 15.3. The molecule has 0 unspecified atom stereocenters. The number of rotatable bonds is 5. The number of halogens is 1. The van der Waals surface area contributed by atoms with Gasteiger partial charge in [-0.2, -0.15) is 0 Å². The molecule has 1 fully saturated rings. The third-order valence-corrected chi connectivity index (χ3v) is 5.76. The van der Waals surface area contributed by atoms with E-state index in [9.17, 15) is 4.79 Å². The van der Waals surface area contributed by atoms with Crippen molar-refractivity contribution in [1.82, 2.24) is 9.88 Å². The van der Waals surface area contributed by atoms with Gasteiger partial charge in [0.05, 0.1) is 12.1 Å². The average Bonchev–Trinajstić information content (AvgIpc) is 3.15. The maximum absolute atomic E-state index is 12.7. The molecule has 1 aliphatic rings. The Hall–Kier alpha value is -2.57. The Kier molecular flexibility index (Phi) is 5.78. The lowest BCUT2D eigenvalue weighted by Gasteiger charge is -2.36. The molecule has 1 saturated heterocycles. The van der Waals surface area contributed by atoms with Gasteiger partial charge in [0.2, 0.25) is 5.91 Å². The Labute approximate surface area is 173 Å². The van der Waals surface area contributed by atoms with Crippen LogP contribution in [0, 0.1) is 0 Å². The average molecular weight is 413 g/mol. The number of nitrogens with one attached hydrogen (secondary N) is 1. The first-order valence-electron chi connectivity index (χ1n) is 9.22. The summed E-state index contributed by atoms with van der Waals surface area (Å²) in [6.45, 7) is 3.04. The van der Waals surface area contributed by atoms with Gasteiger partial charge in [-0.1, -0.05) is 35.9 Å². The van der Waals surface area contributed by atoms with Gasteiger partial charge in [-0.3, -0.25) is 4.79 Å². The van der Waals surface area contributed by atoms with Crippen LogP contribution in [0.1, 0.15) is 5.69 Å². The molecule has 1 amide bonds. The number of nitrogens with zero attached hydrogens (tertiary/aromatic N) is 3. The minimum absolute atomic E-state index is 0.127. The van der Waals surface area contributed by atoms with E-state index in [-0.39, 0.29) is 5.91 Å². The number of thiazole rings is 1. The maximum atomic E-state index is 12.7. The molecule has 1 aromatic heterocycles. The second kappa shape index (κ2) is 8.63. The molecular weight excluding hydrogens is 392 g/mol. The van der Waals surface area contributed by atoms with Crippen LogP contribution in [0.5, 0.6) is 0 Å². The SMILES string of the molecule is O=C(Cc1csc(Nc2ccccc2)n1)N1CCN(c2cccc(Cl)c2)CC1. The van der Waals surface area contributed by atoms with E-state index in [1.54, 1.807) is 0 Å². The first-order chi connectivity index (χ1) is 13.7. The highest BCUT2D eigenvalue weighted by Crippen LogP contribution is 2.23. The highest BCUT2D eigenvalue weighted by molar-refractivity contribution is 7.13. The van der Waals surface area contributed by atoms with Gasteiger partial charge in [-0.15, -0.1) is 11.3 Å². The minimum Gasteiger partial charge on any atom is -0.368 e. The number of hydrogen-bond acceptors (Lipinski definition) is 5. The molecule has 1 N–H and O–H groups in total. The summed E-state index contributed by atoms with van der Waals surface area (Å²) >= 11 is 7.60. The summed E-state index contributed by atoms with van der Waals surface area (Å²) < 4.78 is 0. The van der Waals surface area contributed by atoms with Gasteiger partial charge in [-0.05, 0) is 30.3 Å². The summed E-state index contributed by atoms with van der Waals surface area (Å²) in [7, 11) is 0. The van der Waals surface area contributed by atoms with Crippen LogP contribution in [-0.4, -0.2) is 42.0 Å². The summed E-state index contributed by atoms with van der Waals surface area (Å²) in [5, 5.41) is 6.76. The summed E-state index contributed by atoms with van der Waals surface area (Å²) in [5.41, 5.74) is 2.91. The molecule has 2 heterocycles. The van der Waals surface area contributed by atoms with E-state index in [0.717, 1.165) is 40.3 Å². The number of hydrogen-bond donors (Lipinski definition) is 1. The van der Waals surface area contributed by atoms with Crippen molar-refractivity contribution in [2.24, 2.45) is 0 Å². The number of anilines is 3. The fourth-order valence-corrected chi connectivity index (χ4v) is 4.16. The van der Waals surface area contributed by atoms with E-state index >= 15 is 0 Å². The van der Waals surface area contributed by atoms with Gasteiger partial charge in [0.25, 0.3) is 0 Å². The Morgan fingerprint density at radius 2 is 1.86 bits per heavy atom. The number of para-hydroxylation sites is 1. The second-order valence-corrected chi connectivity index (χ2v) is 7.95. The lowest BCUT2D eigenvalue weighted by Crippen LogP contribution is -2.49. The molecule has 0 saturated carbocycles. The molecule has 7 heteroatoms. The van der Waals surface area contributed by atoms with Crippen LogP contribution < -0.4 is 10.2 Å². The molecule has 1 aliphatic heterocycles. The van der Waals surface area contributed by atoms with Crippen LogP contribution in [0.15, 0.2) is 60.0 Å². The van der Waals surface area contributed by atoms with Gasteiger partial charge in [0.15, 0.2) is 5.13 Å². The van der Waals surface area contributed by atoms with Gasteiger partial charge in [-0.25, -0.2) is 4.98 Å². The molecule has 0 aliphatic carbocycles. The lowest BCUT2D eigenvalue weighted by atomic mass is 10.2. The van der Waals surface area contributed by atoms with Gasteiger partial charge in [0, 0.05) is 48.0 Å². The highest BCUT2D eigenvalue weighted by Gasteiger charge is 2.22. The van der Waals surface area contributed by atoms with E-state index in [2.05, 4.69) is 21.3 Å². The molecule has 144 valence electrons.